The Kier molecular flexibility index (Phi) is 3.70. The van der Waals surface area contributed by atoms with Crippen LogP contribution in [0.2, 0.25) is 0 Å². The Hall–Kier alpha value is -2.21. The fourth-order valence-corrected chi connectivity index (χ4v) is 3.16. The molecule has 2 aromatic heterocycles. The average Bonchev–Trinajstić information content (AvgIpc) is 3.06. The number of fused-ring (bicyclic) bond motifs is 1. The second kappa shape index (κ2) is 5.65. The molecule has 3 rings (SSSR count). The Morgan fingerprint density at radius 3 is 3.00 bits per heavy atom. The van der Waals surface area contributed by atoms with Crippen molar-refractivity contribution in [3.63, 3.8) is 0 Å². The minimum atomic E-state index is -0.169. The molecular weight excluding hydrogens is 284 g/mol. The molecule has 108 valence electrons. The number of aryl methyl sites for hydroxylation is 2. The molecule has 1 amide bonds. The summed E-state index contributed by atoms with van der Waals surface area (Å²) in [5, 5.41) is 7.65. The van der Waals surface area contributed by atoms with Gasteiger partial charge in [-0.3, -0.25) is 14.8 Å². The Bertz CT molecular complexity index is 790. The Morgan fingerprint density at radius 1 is 1.38 bits per heavy atom. The third-order valence-corrected chi connectivity index (χ3v) is 4.16. The number of para-hydroxylation sites is 1. The molecule has 0 saturated heterocycles. The molecule has 0 aliphatic rings. The first-order chi connectivity index (χ1) is 10.2. The summed E-state index contributed by atoms with van der Waals surface area (Å²) in [6, 6.07) is 7.75. The molecule has 0 saturated carbocycles. The standard InChI is InChI=1S/C15H16N4OS/c1-3-9-19-11(7-8-16-19)14(20)18-15-17-13-10(2)5-4-6-12(13)21-15/h4-8H,3,9H2,1-2H3,(H,17,18,20). The van der Waals surface area contributed by atoms with Gasteiger partial charge in [0.25, 0.3) is 5.91 Å². The summed E-state index contributed by atoms with van der Waals surface area (Å²) in [5.74, 6) is -0.169. The van der Waals surface area contributed by atoms with Crippen LogP contribution in [0.3, 0.4) is 0 Å². The predicted molar refractivity (Wildman–Crippen MR) is 84.8 cm³/mol. The van der Waals surface area contributed by atoms with Gasteiger partial charge in [0.2, 0.25) is 0 Å². The maximum absolute atomic E-state index is 12.3. The van der Waals surface area contributed by atoms with Gasteiger partial charge in [0.15, 0.2) is 5.13 Å². The van der Waals surface area contributed by atoms with E-state index in [1.54, 1.807) is 16.9 Å². The van der Waals surface area contributed by atoms with E-state index in [0.717, 1.165) is 28.7 Å². The van der Waals surface area contributed by atoms with Crippen molar-refractivity contribution >= 4 is 32.6 Å². The van der Waals surface area contributed by atoms with E-state index < -0.39 is 0 Å². The summed E-state index contributed by atoms with van der Waals surface area (Å²) < 4.78 is 2.79. The lowest BCUT2D eigenvalue weighted by Gasteiger charge is -2.05. The van der Waals surface area contributed by atoms with E-state index in [2.05, 4.69) is 22.3 Å². The number of nitrogens with one attached hydrogen (secondary N) is 1. The van der Waals surface area contributed by atoms with Crippen LogP contribution in [-0.2, 0) is 6.54 Å². The van der Waals surface area contributed by atoms with Crippen molar-refractivity contribution in [1.82, 2.24) is 14.8 Å². The minimum Gasteiger partial charge on any atom is -0.296 e. The van der Waals surface area contributed by atoms with E-state index in [9.17, 15) is 4.79 Å². The summed E-state index contributed by atoms with van der Waals surface area (Å²) in [7, 11) is 0. The van der Waals surface area contributed by atoms with Gasteiger partial charge in [-0.1, -0.05) is 30.4 Å². The number of hydrogen-bond acceptors (Lipinski definition) is 4. The minimum absolute atomic E-state index is 0.169. The number of carbonyl (C=O) groups is 1. The summed E-state index contributed by atoms with van der Waals surface area (Å²) in [6.45, 7) is 4.80. The first-order valence-electron chi connectivity index (χ1n) is 6.88. The zero-order valence-electron chi connectivity index (χ0n) is 12.0. The number of thiazole rings is 1. The Morgan fingerprint density at radius 2 is 2.24 bits per heavy atom. The number of rotatable bonds is 4. The van der Waals surface area contributed by atoms with E-state index in [-0.39, 0.29) is 5.91 Å². The highest BCUT2D eigenvalue weighted by atomic mass is 32.1. The number of anilines is 1. The first-order valence-corrected chi connectivity index (χ1v) is 7.70. The van der Waals surface area contributed by atoms with Crippen molar-refractivity contribution in [1.29, 1.82) is 0 Å². The number of aromatic nitrogens is 3. The van der Waals surface area contributed by atoms with Crippen LogP contribution >= 0.6 is 11.3 Å². The molecule has 0 aliphatic heterocycles. The highest BCUT2D eigenvalue weighted by Gasteiger charge is 2.14. The molecule has 21 heavy (non-hydrogen) atoms. The van der Waals surface area contributed by atoms with Crippen LogP contribution in [0.15, 0.2) is 30.5 Å². The quantitative estimate of drug-likeness (QED) is 0.802. The highest BCUT2D eigenvalue weighted by Crippen LogP contribution is 2.28. The van der Waals surface area contributed by atoms with Crippen molar-refractivity contribution in [2.45, 2.75) is 26.8 Å². The smallest absolute Gasteiger partial charge is 0.275 e. The summed E-state index contributed by atoms with van der Waals surface area (Å²) in [4.78, 5) is 16.8. The molecule has 0 radical (unpaired) electrons. The van der Waals surface area contributed by atoms with E-state index in [0.29, 0.717) is 10.8 Å². The second-order valence-electron chi connectivity index (χ2n) is 4.83. The number of benzene rings is 1. The lowest BCUT2D eigenvalue weighted by Crippen LogP contribution is -2.17. The van der Waals surface area contributed by atoms with Gasteiger partial charge in [-0.2, -0.15) is 5.10 Å². The second-order valence-corrected chi connectivity index (χ2v) is 5.87. The molecule has 0 unspecified atom stereocenters. The maximum Gasteiger partial charge on any atom is 0.275 e. The molecule has 0 bridgehead atoms. The number of amides is 1. The van der Waals surface area contributed by atoms with Crippen LogP contribution in [0.1, 0.15) is 29.4 Å². The topological polar surface area (TPSA) is 59.8 Å². The fourth-order valence-electron chi connectivity index (χ4n) is 2.22. The van der Waals surface area contributed by atoms with Crippen LogP contribution in [0.25, 0.3) is 10.2 Å². The van der Waals surface area contributed by atoms with Gasteiger partial charge in [-0.15, -0.1) is 0 Å². The van der Waals surface area contributed by atoms with Gasteiger partial charge in [0.05, 0.1) is 10.2 Å². The maximum atomic E-state index is 12.3. The Balaban J connectivity index is 1.86. The molecule has 5 nitrogen and oxygen atoms in total. The zero-order valence-corrected chi connectivity index (χ0v) is 12.8. The van der Waals surface area contributed by atoms with Crippen molar-refractivity contribution in [2.24, 2.45) is 0 Å². The average molecular weight is 300 g/mol. The van der Waals surface area contributed by atoms with Crippen molar-refractivity contribution in [3.05, 3.63) is 41.7 Å². The molecule has 0 atom stereocenters. The fraction of sp³-hybridized carbons (Fsp3) is 0.267. The molecule has 2 heterocycles. The number of nitrogens with zero attached hydrogens (tertiary/aromatic N) is 3. The van der Waals surface area contributed by atoms with Gasteiger partial charge in [0, 0.05) is 12.7 Å². The lowest BCUT2D eigenvalue weighted by molar-refractivity contribution is 0.101. The van der Waals surface area contributed by atoms with E-state index in [4.69, 9.17) is 0 Å². The molecule has 6 heteroatoms. The summed E-state index contributed by atoms with van der Waals surface area (Å²) >= 11 is 1.48. The third kappa shape index (κ3) is 2.67. The molecular formula is C15H16N4OS. The van der Waals surface area contributed by atoms with E-state index in [1.807, 2.05) is 25.1 Å². The molecule has 0 aliphatic carbocycles. The Labute approximate surface area is 126 Å². The zero-order chi connectivity index (χ0) is 14.8. The van der Waals surface area contributed by atoms with Crippen molar-refractivity contribution in [3.8, 4) is 0 Å². The number of carbonyl (C=O) groups excluding carboxylic acids is 1. The van der Waals surface area contributed by atoms with Crippen LogP contribution in [-0.4, -0.2) is 20.7 Å². The van der Waals surface area contributed by atoms with Gasteiger partial charge < -0.3 is 0 Å². The first kappa shape index (κ1) is 13.8. The highest BCUT2D eigenvalue weighted by molar-refractivity contribution is 7.22. The molecule has 0 spiro atoms. The van der Waals surface area contributed by atoms with Crippen LogP contribution in [0.5, 0.6) is 0 Å². The van der Waals surface area contributed by atoms with Crippen molar-refractivity contribution in [2.75, 3.05) is 5.32 Å². The number of hydrogen-bond donors (Lipinski definition) is 1. The molecule has 0 fully saturated rings. The van der Waals surface area contributed by atoms with Gasteiger partial charge in [0.1, 0.15) is 5.69 Å². The molecule has 1 aromatic carbocycles. The van der Waals surface area contributed by atoms with Crippen LogP contribution < -0.4 is 5.32 Å². The van der Waals surface area contributed by atoms with Gasteiger partial charge in [-0.05, 0) is 31.0 Å². The van der Waals surface area contributed by atoms with Gasteiger partial charge >= 0.3 is 0 Å². The van der Waals surface area contributed by atoms with Gasteiger partial charge in [-0.25, -0.2) is 4.98 Å². The van der Waals surface area contributed by atoms with E-state index >= 15 is 0 Å². The summed E-state index contributed by atoms with van der Waals surface area (Å²) in [5.41, 5.74) is 2.62. The van der Waals surface area contributed by atoms with E-state index in [1.165, 1.54) is 11.3 Å². The largest absolute Gasteiger partial charge is 0.296 e. The van der Waals surface area contributed by atoms with Crippen LogP contribution in [0, 0.1) is 6.92 Å². The summed E-state index contributed by atoms with van der Waals surface area (Å²) in [6.07, 6.45) is 2.58. The third-order valence-electron chi connectivity index (χ3n) is 3.23. The molecule has 3 aromatic rings. The molecule has 1 N–H and O–H groups in total. The SMILES string of the molecule is CCCn1nccc1C(=O)Nc1nc2c(C)cccc2s1. The predicted octanol–water partition coefficient (Wildman–Crippen LogP) is 3.46. The van der Waals surface area contributed by atoms with Crippen molar-refractivity contribution < 1.29 is 4.79 Å². The van der Waals surface area contributed by atoms with Crippen LogP contribution in [0.4, 0.5) is 5.13 Å². The normalized spacial score (nSPS) is 11.0. The lowest BCUT2D eigenvalue weighted by atomic mass is 10.2. The monoisotopic (exact) mass is 300 g/mol.